The van der Waals surface area contributed by atoms with Crippen molar-refractivity contribution in [1.29, 1.82) is 0 Å². The molecule has 2 heteroatoms. The summed E-state index contributed by atoms with van der Waals surface area (Å²) in [5, 5.41) is 0.773. The fourth-order valence-corrected chi connectivity index (χ4v) is 2.52. The molecule has 0 saturated carbocycles. The molecule has 0 aliphatic carbocycles. The first-order valence-corrected chi connectivity index (χ1v) is 6.23. The van der Waals surface area contributed by atoms with E-state index >= 15 is 0 Å². The first kappa shape index (κ1) is 10.7. The molecule has 1 aliphatic heterocycles. The van der Waals surface area contributed by atoms with E-state index in [4.69, 9.17) is 16.3 Å². The van der Waals surface area contributed by atoms with Crippen LogP contribution in [0.2, 0.25) is 5.02 Å². The third kappa shape index (κ3) is 1.91. The standard InChI is InChI=1S/C15H13ClO/c16-14-9-2-1-7-12(14)13-8-3-5-11-6-4-10-17-15(11)13/h1-3,5,7-9H,4,6,10H2. The minimum Gasteiger partial charge on any atom is -0.493 e. The quantitative estimate of drug-likeness (QED) is 0.726. The van der Waals surface area contributed by atoms with E-state index in [2.05, 4.69) is 18.2 Å². The molecule has 3 rings (SSSR count). The molecular weight excluding hydrogens is 232 g/mol. The fourth-order valence-electron chi connectivity index (χ4n) is 2.28. The summed E-state index contributed by atoms with van der Waals surface area (Å²) in [4.78, 5) is 0. The van der Waals surface area contributed by atoms with Gasteiger partial charge in [-0.3, -0.25) is 0 Å². The van der Waals surface area contributed by atoms with E-state index in [0.29, 0.717) is 0 Å². The minimum absolute atomic E-state index is 0.773. The zero-order chi connectivity index (χ0) is 11.7. The maximum Gasteiger partial charge on any atom is 0.130 e. The molecule has 17 heavy (non-hydrogen) atoms. The van der Waals surface area contributed by atoms with Gasteiger partial charge in [0.25, 0.3) is 0 Å². The van der Waals surface area contributed by atoms with Crippen LogP contribution in [0.15, 0.2) is 42.5 Å². The van der Waals surface area contributed by atoms with Crippen molar-refractivity contribution in [2.75, 3.05) is 6.61 Å². The van der Waals surface area contributed by atoms with Crippen molar-refractivity contribution in [3.63, 3.8) is 0 Å². The number of benzene rings is 2. The van der Waals surface area contributed by atoms with E-state index in [1.54, 1.807) is 0 Å². The molecule has 0 aromatic heterocycles. The van der Waals surface area contributed by atoms with Crippen molar-refractivity contribution in [2.24, 2.45) is 0 Å². The number of rotatable bonds is 1. The summed E-state index contributed by atoms with van der Waals surface area (Å²) in [7, 11) is 0. The Bertz CT molecular complexity index is 548. The van der Waals surface area contributed by atoms with Gasteiger partial charge in [0.1, 0.15) is 5.75 Å². The molecule has 0 unspecified atom stereocenters. The lowest BCUT2D eigenvalue weighted by atomic mass is 9.98. The van der Waals surface area contributed by atoms with Crippen LogP contribution in [-0.4, -0.2) is 6.61 Å². The summed E-state index contributed by atoms with van der Waals surface area (Å²) < 4.78 is 5.81. The summed E-state index contributed by atoms with van der Waals surface area (Å²) >= 11 is 6.25. The second-order valence-corrected chi connectivity index (χ2v) is 4.63. The Balaban J connectivity index is 2.18. The highest BCUT2D eigenvalue weighted by molar-refractivity contribution is 6.33. The van der Waals surface area contributed by atoms with Gasteiger partial charge in [-0.25, -0.2) is 0 Å². The molecule has 86 valence electrons. The first-order valence-electron chi connectivity index (χ1n) is 5.86. The van der Waals surface area contributed by atoms with Crippen molar-refractivity contribution in [3.05, 3.63) is 53.1 Å². The van der Waals surface area contributed by atoms with Crippen LogP contribution in [0.25, 0.3) is 11.1 Å². The third-order valence-corrected chi connectivity index (χ3v) is 3.43. The van der Waals surface area contributed by atoms with E-state index in [1.165, 1.54) is 5.56 Å². The van der Waals surface area contributed by atoms with Crippen LogP contribution in [0.1, 0.15) is 12.0 Å². The van der Waals surface area contributed by atoms with Crippen LogP contribution in [0.3, 0.4) is 0 Å². The zero-order valence-electron chi connectivity index (χ0n) is 9.45. The molecular formula is C15H13ClO. The molecule has 0 spiro atoms. The van der Waals surface area contributed by atoms with Gasteiger partial charge in [0.05, 0.1) is 6.61 Å². The van der Waals surface area contributed by atoms with Gasteiger partial charge < -0.3 is 4.74 Å². The first-order chi connectivity index (χ1) is 8.36. The van der Waals surface area contributed by atoms with E-state index in [-0.39, 0.29) is 0 Å². The van der Waals surface area contributed by atoms with E-state index in [9.17, 15) is 0 Å². The van der Waals surface area contributed by atoms with Gasteiger partial charge in [-0.1, -0.05) is 48.0 Å². The van der Waals surface area contributed by atoms with E-state index in [1.807, 2.05) is 24.3 Å². The summed E-state index contributed by atoms with van der Waals surface area (Å²) in [6.07, 6.45) is 2.19. The predicted octanol–water partition coefficient (Wildman–Crippen LogP) is 4.33. The minimum atomic E-state index is 0.773. The highest BCUT2D eigenvalue weighted by Crippen LogP contribution is 2.38. The number of para-hydroxylation sites is 1. The predicted molar refractivity (Wildman–Crippen MR) is 70.7 cm³/mol. The highest BCUT2D eigenvalue weighted by Gasteiger charge is 2.16. The molecule has 0 atom stereocenters. The van der Waals surface area contributed by atoms with Crippen LogP contribution in [0.5, 0.6) is 5.75 Å². The lowest BCUT2D eigenvalue weighted by Crippen LogP contribution is -2.09. The number of hydrogen-bond acceptors (Lipinski definition) is 1. The third-order valence-electron chi connectivity index (χ3n) is 3.10. The maximum atomic E-state index is 6.25. The largest absolute Gasteiger partial charge is 0.493 e. The van der Waals surface area contributed by atoms with Gasteiger partial charge in [0.15, 0.2) is 0 Å². The number of ether oxygens (including phenoxy) is 1. The summed E-state index contributed by atoms with van der Waals surface area (Å²) in [5.41, 5.74) is 3.44. The fraction of sp³-hybridized carbons (Fsp3) is 0.200. The molecule has 2 aromatic carbocycles. The number of fused-ring (bicyclic) bond motifs is 1. The van der Waals surface area contributed by atoms with Gasteiger partial charge in [-0.2, -0.15) is 0 Å². The summed E-state index contributed by atoms with van der Waals surface area (Å²) in [6.45, 7) is 0.800. The van der Waals surface area contributed by atoms with Gasteiger partial charge >= 0.3 is 0 Å². The average Bonchev–Trinajstić information content (AvgIpc) is 2.39. The molecule has 2 aromatic rings. The zero-order valence-corrected chi connectivity index (χ0v) is 10.2. The molecule has 0 saturated heterocycles. The smallest absolute Gasteiger partial charge is 0.130 e. The number of hydrogen-bond donors (Lipinski definition) is 0. The van der Waals surface area contributed by atoms with E-state index < -0.39 is 0 Å². The van der Waals surface area contributed by atoms with Crippen molar-refractivity contribution in [3.8, 4) is 16.9 Å². The average molecular weight is 245 g/mol. The maximum absolute atomic E-state index is 6.25. The molecule has 0 radical (unpaired) electrons. The lowest BCUT2D eigenvalue weighted by molar-refractivity contribution is 0.289. The Labute approximate surface area is 106 Å². The normalized spacial score (nSPS) is 13.9. The Morgan fingerprint density at radius 1 is 0.941 bits per heavy atom. The van der Waals surface area contributed by atoms with Crippen molar-refractivity contribution in [2.45, 2.75) is 12.8 Å². The molecule has 1 nitrogen and oxygen atoms in total. The molecule has 1 heterocycles. The number of aryl methyl sites for hydroxylation is 1. The SMILES string of the molecule is Clc1ccccc1-c1cccc2c1OCCC2. The molecule has 0 fully saturated rings. The number of halogens is 1. The monoisotopic (exact) mass is 244 g/mol. The Morgan fingerprint density at radius 3 is 2.65 bits per heavy atom. The van der Waals surface area contributed by atoms with E-state index in [0.717, 1.165) is 41.3 Å². The Hall–Kier alpha value is -1.47. The Morgan fingerprint density at radius 2 is 1.76 bits per heavy atom. The van der Waals surface area contributed by atoms with Crippen molar-refractivity contribution in [1.82, 2.24) is 0 Å². The van der Waals surface area contributed by atoms with Gasteiger partial charge in [-0.05, 0) is 24.5 Å². The highest BCUT2D eigenvalue weighted by atomic mass is 35.5. The topological polar surface area (TPSA) is 9.23 Å². The van der Waals surface area contributed by atoms with Gasteiger partial charge in [0, 0.05) is 16.1 Å². The molecule has 0 N–H and O–H groups in total. The van der Waals surface area contributed by atoms with Crippen LogP contribution >= 0.6 is 11.6 Å². The summed E-state index contributed by atoms with van der Waals surface area (Å²) in [6, 6.07) is 14.2. The second-order valence-electron chi connectivity index (χ2n) is 4.23. The molecule has 0 bridgehead atoms. The van der Waals surface area contributed by atoms with Crippen LogP contribution < -0.4 is 4.74 Å². The molecule has 0 amide bonds. The van der Waals surface area contributed by atoms with Crippen LogP contribution in [-0.2, 0) is 6.42 Å². The van der Waals surface area contributed by atoms with Crippen LogP contribution in [0, 0.1) is 0 Å². The van der Waals surface area contributed by atoms with Crippen LogP contribution in [0.4, 0.5) is 0 Å². The van der Waals surface area contributed by atoms with Crippen molar-refractivity contribution < 1.29 is 4.74 Å². The van der Waals surface area contributed by atoms with Gasteiger partial charge in [-0.15, -0.1) is 0 Å². The van der Waals surface area contributed by atoms with Crippen molar-refractivity contribution >= 4 is 11.6 Å². The Kier molecular flexibility index (Phi) is 2.77. The second kappa shape index (κ2) is 4.42. The van der Waals surface area contributed by atoms with Gasteiger partial charge in [0.2, 0.25) is 0 Å². The molecule has 1 aliphatic rings. The lowest BCUT2D eigenvalue weighted by Gasteiger charge is -2.20. The summed E-state index contributed by atoms with van der Waals surface area (Å²) in [5.74, 6) is 1.01.